The third kappa shape index (κ3) is 3.43. The molecule has 0 aliphatic carbocycles. The van der Waals surface area contributed by atoms with Gasteiger partial charge in [-0.3, -0.25) is 4.79 Å². The summed E-state index contributed by atoms with van der Waals surface area (Å²) in [6, 6.07) is 11.2. The zero-order valence-electron chi connectivity index (χ0n) is 12.8. The average Bonchev–Trinajstić information content (AvgIpc) is 3.11. The second-order valence-corrected chi connectivity index (χ2v) is 5.82. The first kappa shape index (κ1) is 15.7. The fraction of sp³-hybridized carbons (Fsp3) is 0.412. The Morgan fingerprint density at radius 2 is 2.00 bits per heavy atom. The highest BCUT2D eigenvalue weighted by Gasteiger charge is 2.28. The van der Waals surface area contributed by atoms with Crippen LogP contribution in [0.15, 0.2) is 40.9 Å². The predicted molar refractivity (Wildman–Crippen MR) is 83.7 cm³/mol. The standard InChI is InChI=1S/C17H20N2O4/c20-11-15(21)12-6-8-19(9-7-12)17(22)14-10-16(23-18-14)13-4-2-1-3-5-13/h1-5,10,12,15,20-21H,6-9,11H2. The van der Waals surface area contributed by atoms with E-state index in [9.17, 15) is 9.90 Å². The molecule has 1 aromatic carbocycles. The van der Waals surface area contributed by atoms with Crippen LogP contribution in [-0.2, 0) is 0 Å². The first-order valence-electron chi connectivity index (χ1n) is 7.79. The van der Waals surface area contributed by atoms with Gasteiger partial charge in [0, 0.05) is 24.7 Å². The van der Waals surface area contributed by atoms with Crippen molar-refractivity contribution in [2.45, 2.75) is 18.9 Å². The number of carbonyl (C=O) groups is 1. The lowest BCUT2D eigenvalue weighted by atomic mass is 9.91. The fourth-order valence-corrected chi connectivity index (χ4v) is 2.91. The Kier molecular flexibility index (Phi) is 4.73. The summed E-state index contributed by atoms with van der Waals surface area (Å²) in [4.78, 5) is 14.2. The lowest BCUT2D eigenvalue weighted by molar-refractivity contribution is 0.0177. The SMILES string of the molecule is O=C(c1cc(-c2ccccc2)on1)N1CCC(C(O)CO)CC1. The minimum atomic E-state index is -0.705. The number of rotatable bonds is 4. The molecule has 1 aliphatic heterocycles. The van der Waals surface area contributed by atoms with E-state index in [0.717, 1.165) is 5.56 Å². The highest BCUT2D eigenvalue weighted by molar-refractivity contribution is 5.93. The van der Waals surface area contributed by atoms with Crippen LogP contribution in [-0.4, -0.2) is 52.0 Å². The number of piperidine rings is 1. The molecule has 0 bridgehead atoms. The van der Waals surface area contributed by atoms with E-state index in [1.807, 2.05) is 30.3 Å². The Bertz CT molecular complexity index is 648. The Morgan fingerprint density at radius 3 is 2.65 bits per heavy atom. The quantitative estimate of drug-likeness (QED) is 0.893. The molecule has 1 unspecified atom stereocenters. The molecule has 6 heteroatoms. The van der Waals surface area contributed by atoms with Crippen LogP contribution in [0.25, 0.3) is 11.3 Å². The van der Waals surface area contributed by atoms with Crippen molar-refractivity contribution in [3.8, 4) is 11.3 Å². The van der Waals surface area contributed by atoms with Crippen LogP contribution in [0.3, 0.4) is 0 Å². The van der Waals surface area contributed by atoms with Gasteiger partial charge in [-0.25, -0.2) is 0 Å². The predicted octanol–water partition coefficient (Wildman–Crippen LogP) is 1.55. The van der Waals surface area contributed by atoms with Crippen molar-refractivity contribution < 1.29 is 19.5 Å². The summed E-state index contributed by atoms with van der Waals surface area (Å²) < 4.78 is 5.27. The Morgan fingerprint density at radius 1 is 1.30 bits per heavy atom. The van der Waals surface area contributed by atoms with E-state index < -0.39 is 6.10 Å². The molecule has 23 heavy (non-hydrogen) atoms. The minimum Gasteiger partial charge on any atom is -0.394 e. The Balaban J connectivity index is 1.65. The normalized spacial score (nSPS) is 17.2. The highest BCUT2D eigenvalue weighted by atomic mass is 16.5. The van der Waals surface area contributed by atoms with Crippen molar-refractivity contribution >= 4 is 5.91 Å². The summed E-state index contributed by atoms with van der Waals surface area (Å²) in [5.74, 6) is 0.452. The molecule has 0 spiro atoms. The molecule has 1 amide bonds. The van der Waals surface area contributed by atoms with Crippen LogP contribution >= 0.6 is 0 Å². The smallest absolute Gasteiger partial charge is 0.276 e. The molecule has 1 saturated heterocycles. The van der Waals surface area contributed by atoms with Gasteiger partial charge in [-0.1, -0.05) is 35.5 Å². The number of amides is 1. The maximum Gasteiger partial charge on any atom is 0.276 e. The first-order valence-corrected chi connectivity index (χ1v) is 7.79. The fourth-order valence-electron chi connectivity index (χ4n) is 2.91. The monoisotopic (exact) mass is 316 g/mol. The van der Waals surface area contributed by atoms with Gasteiger partial charge in [0.25, 0.3) is 5.91 Å². The molecule has 1 aliphatic rings. The van der Waals surface area contributed by atoms with E-state index in [-0.39, 0.29) is 18.4 Å². The summed E-state index contributed by atoms with van der Waals surface area (Å²) >= 11 is 0. The molecule has 0 radical (unpaired) electrons. The number of likely N-dealkylation sites (tertiary alicyclic amines) is 1. The molecular formula is C17H20N2O4. The summed E-state index contributed by atoms with van der Waals surface area (Å²) in [5.41, 5.74) is 1.17. The van der Waals surface area contributed by atoms with Crippen molar-refractivity contribution in [2.24, 2.45) is 5.92 Å². The number of aromatic nitrogens is 1. The number of aliphatic hydroxyl groups excluding tert-OH is 2. The zero-order valence-corrected chi connectivity index (χ0v) is 12.8. The third-order valence-corrected chi connectivity index (χ3v) is 4.35. The second kappa shape index (κ2) is 6.93. The molecule has 3 rings (SSSR count). The number of hydrogen-bond acceptors (Lipinski definition) is 5. The lowest BCUT2D eigenvalue weighted by Gasteiger charge is -2.33. The highest BCUT2D eigenvalue weighted by Crippen LogP contribution is 2.24. The minimum absolute atomic E-state index is 0.0428. The van der Waals surface area contributed by atoms with Crippen LogP contribution in [0.4, 0.5) is 0 Å². The number of hydrogen-bond donors (Lipinski definition) is 2. The summed E-state index contributed by atoms with van der Waals surface area (Å²) in [6.07, 6.45) is 0.650. The molecule has 6 nitrogen and oxygen atoms in total. The van der Waals surface area contributed by atoms with Crippen LogP contribution in [0.1, 0.15) is 23.3 Å². The molecule has 1 aromatic heterocycles. The van der Waals surface area contributed by atoms with Crippen molar-refractivity contribution in [3.63, 3.8) is 0 Å². The van der Waals surface area contributed by atoms with E-state index in [1.54, 1.807) is 11.0 Å². The topological polar surface area (TPSA) is 86.8 Å². The maximum absolute atomic E-state index is 12.5. The molecule has 1 fully saturated rings. The third-order valence-electron chi connectivity index (χ3n) is 4.35. The van der Waals surface area contributed by atoms with Gasteiger partial charge in [-0.2, -0.15) is 0 Å². The molecule has 2 N–H and O–H groups in total. The second-order valence-electron chi connectivity index (χ2n) is 5.82. The van der Waals surface area contributed by atoms with Crippen molar-refractivity contribution in [2.75, 3.05) is 19.7 Å². The van der Waals surface area contributed by atoms with Crippen LogP contribution in [0.2, 0.25) is 0 Å². The molecule has 122 valence electrons. The summed E-state index contributed by atoms with van der Waals surface area (Å²) in [6.45, 7) is 0.866. The number of nitrogens with zero attached hydrogens (tertiary/aromatic N) is 2. The molecular weight excluding hydrogens is 296 g/mol. The van der Waals surface area contributed by atoms with Gasteiger partial charge in [0.15, 0.2) is 11.5 Å². The van der Waals surface area contributed by atoms with Gasteiger partial charge in [0.2, 0.25) is 0 Å². The van der Waals surface area contributed by atoms with Gasteiger partial charge in [0.05, 0.1) is 12.7 Å². The van der Waals surface area contributed by atoms with E-state index in [2.05, 4.69) is 5.16 Å². The van der Waals surface area contributed by atoms with Gasteiger partial charge >= 0.3 is 0 Å². The lowest BCUT2D eigenvalue weighted by Crippen LogP contribution is -2.42. The van der Waals surface area contributed by atoms with E-state index in [4.69, 9.17) is 9.63 Å². The number of benzene rings is 1. The Hall–Kier alpha value is -2.18. The maximum atomic E-state index is 12.5. The van der Waals surface area contributed by atoms with Crippen LogP contribution < -0.4 is 0 Å². The molecule has 1 atom stereocenters. The first-order chi connectivity index (χ1) is 11.2. The van der Waals surface area contributed by atoms with Crippen LogP contribution in [0.5, 0.6) is 0 Å². The molecule has 0 saturated carbocycles. The van der Waals surface area contributed by atoms with Crippen molar-refractivity contribution in [1.82, 2.24) is 10.1 Å². The Labute approximate surface area is 134 Å². The van der Waals surface area contributed by atoms with Gasteiger partial charge in [0.1, 0.15) is 0 Å². The van der Waals surface area contributed by atoms with Crippen molar-refractivity contribution in [3.05, 3.63) is 42.1 Å². The summed E-state index contributed by atoms with van der Waals surface area (Å²) in [5, 5.41) is 22.6. The van der Waals surface area contributed by atoms with E-state index in [0.29, 0.717) is 37.4 Å². The van der Waals surface area contributed by atoms with Gasteiger partial charge in [-0.05, 0) is 18.8 Å². The average molecular weight is 316 g/mol. The summed E-state index contributed by atoms with van der Waals surface area (Å²) in [7, 11) is 0. The largest absolute Gasteiger partial charge is 0.394 e. The van der Waals surface area contributed by atoms with E-state index in [1.165, 1.54) is 0 Å². The number of carbonyl (C=O) groups excluding carboxylic acids is 1. The zero-order chi connectivity index (χ0) is 16.2. The van der Waals surface area contributed by atoms with Crippen molar-refractivity contribution in [1.29, 1.82) is 0 Å². The number of aliphatic hydroxyl groups is 2. The van der Waals surface area contributed by atoms with Crippen LogP contribution in [0, 0.1) is 5.92 Å². The van der Waals surface area contributed by atoms with Gasteiger partial charge < -0.3 is 19.6 Å². The van der Waals surface area contributed by atoms with E-state index >= 15 is 0 Å². The molecule has 2 aromatic rings. The van der Waals surface area contributed by atoms with Gasteiger partial charge in [-0.15, -0.1) is 0 Å². The molecule has 2 heterocycles.